The number of rotatable bonds is 3. The second-order valence-electron chi connectivity index (χ2n) is 6.02. The van der Waals surface area contributed by atoms with Crippen molar-refractivity contribution in [1.82, 2.24) is 5.32 Å². The quantitative estimate of drug-likeness (QED) is 0.863. The van der Waals surface area contributed by atoms with Crippen LogP contribution in [-0.2, 0) is 13.0 Å². The molecular weight excluding hydrogens is 242 g/mol. The van der Waals surface area contributed by atoms with Gasteiger partial charge in [-0.15, -0.1) is 0 Å². The van der Waals surface area contributed by atoms with E-state index in [1.54, 1.807) is 0 Å². The van der Waals surface area contributed by atoms with E-state index in [4.69, 9.17) is 0 Å². The first-order valence-corrected chi connectivity index (χ1v) is 7.61. The van der Waals surface area contributed by atoms with E-state index >= 15 is 0 Å². The highest BCUT2D eigenvalue weighted by molar-refractivity contribution is 5.33. The van der Waals surface area contributed by atoms with Gasteiger partial charge in [-0.2, -0.15) is 0 Å². The van der Waals surface area contributed by atoms with Crippen molar-refractivity contribution in [3.8, 4) is 0 Å². The molecule has 1 N–H and O–H groups in total. The van der Waals surface area contributed by atoms with Crippen molar-refractivity contribution in [1.29, 1.82) is 0 Å². The van der Waals surface area contributed by atoms with E-state index < -0.39 is 0 Å². The maximum Gasteiger partial charge on any atom is 0.0326 e. The zero-order valence-electron chi connectivity index (χ0n) is 12.4. The first-order chi connectivity index (χ1) is 9.72. The van der Waals surface area contributed by atoms with Crippen LogP contribution >= 0.6 is 0 Å². The van der Waals surface area contributed by atoms with Crippen molar-refractivity contribution in [3.63, 3.8) is 0 Å². The molecule has 2 aromatic rings. The Kier molecular flexibility index (Phi) is 3.88. The van der Waals surface area contributed by atoms with Crippen molar-refractivity contribution >= 4 is 0 Å². The molecule has 0 aromatic heterocycles. The largest absolute Gasteiger partial charge is 0.306 e. The fourth-order valence-electron chi connectivity index (χ4n) is 3.38. The fourth-order valence-corrected chi connectivity index (χ4v) is 3.38. The first kappa shape index (κ1) is 13.4. The molecule has 0 saturated carbocycles. The third kappa shape index (κ3) is 2.94. The number of hydrogen-bond donors (Lipinski definition) is 1. The summed E-state index contributed by atoms with van der Waals surface area (Å²) in [6, 6.07) is 16.2. The number of nitrogens with one attached hydrogen (secondary N) is 1. The molecule has 2 aromatic carbocycles. The highest BCUT2D eigenvalue weighted by Gasteiger charge is 2.18. The fraction of sp³-hybridized carbons (Fsp3) is 0.368. The summed E-state index contributed by atoms with van der Waals surface area (Å²) in [5.74, 6) is 0. The van der Waals surface area contributed by atoms with Crippen LogP contribution in [0.25, 0.3) is 0 Å². The number of fused-ring (bicyclic) bond motifs is 1. The summed E-state index contributed by atoms with van der Waals surface area (Å²) >= 11 is 0. The minimum Gasteiger partial charge on any atom is -0.306 e. The molecule has 0 unspecified atom stereocenters. The molecule has 0 spiro atoms. The Morgan fingerprint density at radius 1 is 1.05 bits per heavy atom. The van der Waals surface area contributed by atoms with E-state index in [0.29, 0.717) is 6.04 Å². The van der Waals surface area contributed by atoms with Gasteiger partial charge in [0.05, 0.1) is 0 Å². The van der Waals surface area contributed by atoms with Crippen molar-refractivity contribution in [3.05, 3.63) is 70.3 Å². The van der Waals surface area contributed by atoms with Crippen molar-refractivity contribution < 1.29 is 0 Å². The molecule has 0 bridgehead atoms. The van der Waals surface area contributed by atoms with Gasteiger partial charge in [0.1, 0.15) is 0 Å². The van der Waals surface area contributed by atoms with Crippen LogP contribution in [0.15, 0.2) is 42.5 Å². The summed E-state index contributed by atoms with van der Waals surface area (Å²) in [5.41, 5.74) is 7.13. The molecule has 1 heteroatoms. The molecule has 0 amide bonds. The third-order valence-corrected chi connectivity index (χ3v) is 4.20. The lowest BCUT2D eigenvalue weighted by Crippen LogP contribution is -2.24. The minimum absolute atomic E-state index is 0.515. The summed E-state index contributed by atoms with van der Waals surface area (Å²) in [5, 5.41) is 3.75. The molecule has 1 nitrogen and oxygen atoms in total. The van der Waals surface area contributed by atoms with Gasteiger partial charge in [0.15, 0.2) is 0 Å². The third-order valence-electron chi connectivity index (χ3n) is 4.20. The van der Waals surface area contributed by atoms with Crippen LogP contribution in [-0.4, -0.2) is 0 Å². The number of hydrogen-bond acceptors (Lipinski definition) is 1. The Morgan fingerprint density at radius 3 is 2.60 bits per heavy atom. The Bertz CT molecular complexity index is 580. The van der Waals surface area contributed by atoms with Crippen LogP contribution in [0, 0.1) is 13.8 Å². The van der Waals surface area contributed by atoms with Crippen molar-refractivity contribution in [2.75, 3.05) is 0 Å². The standard InChI is InChI=1S/C19H23N/c1-14-10-15(2)12-16(11-14)13-20-19-9-5-7-17-6-3-4-8-18(17)19/h3-4,6,8,10-12,19-20H,5,7,9,13H2,1-2H3/t19-/m0/s1. The van der Waals surface area contributed by atoms with Gasteiger partial charge in [0.25, 0.3) is 0 Å². The molecule has 0 aliphatic heterocycles. The molecule has 3 rings (SSSR count). The summed E-state index contributed by atoms with van der Waals surface area (Å²) in [4.78, 5) is 0. The van der Waals surface area contributed by atoms with Gasteiger partial charge in [-0.1, -0.05) is 53.6 Å². The maximum atomic E-state index is 3.75. The molecule has 1 atom stereocenters. The highest BCUT2D eigenvalue weighted by Crippen LogP contribution is 2.29. The van der Waals surface area contributed by atoms with Crippen LogP contribution in [0.2, 0.25) is 0 Å². The summed E-state index contributed by atoms with van der Waals surface area (Å²) in [6.07, 6.45) is 3.78. The first-order valence-electron chi connectivity index (χ1n) is 7.61. The second kappa shape index (κ2) is 5.80. The Balaban J connectivity index is 1.73. The van der Waals surface area contributed by atoms with E-state index in [9.17, 15) is 0 Å². The van der Waals surface area contributed by atoms with E-state index in [1.165, 1.54) is 47.1 Å². The molecule has 1 aliphatic rings. The van der Waals surface area contributed by atoms with Crippen molar-refractivity contribution in [2.24, 2.45) is 0 Å². The van der Waals surface area contributed by atoms with Crippen LogP contribution in [0.3, 0.4) is 0 Å². The Hall–Kier alpha value is -1.60. The summed E-state index contributed by atoms with van der Waals surface area (Å²) in [6.45, 7) is 5.31. The molecule has 1 aliphatic carbocycles. The van der Waals surface area contributed by atoms with E-state index in [0.717, 1.165) is 6.54 Å². The zero-order valence-corrected chi connectivity index (χ0v) is 12.4. The van der Waals surface area contributed by atoms with Gasteiger partial charge in [-0.05, 0) is 49.8 Å². The molecule has 0 saturated heterocycles. The SMILES string of the molecule is Cc1cc(C)cc(CN[C@H]2CCCc3ccccc32)c1. The lowest BCUT2D eigenvalue weighted by atomic mass is 9.87. The summed E-state index contributed by atoms with van der Waals surface area (Å²) in [7, 11) is 0. The van der Waals surface area contributed by atoms with Gasteiger partial charge < -0.3 is 5.32 Å². The average Bonchev–Trinajstić information content (AvgIpc) is 2.44. The summed E-state index contributed by atoms with van der Waals surface area (Å²) < 4.78 is 0. The molecule has 0 heterocycles. The van der Waals surface area contributed by atoms with E-state index in [1.807, 2.05) is 0 Å². The molecule has 20 heavy (non-hydrogen) atoms. The van der Waals surface area contributed by atoms with Gasteiger partial charge in [-0.3, -0.25) is 0 Å². The van der Waals surface area contributed by atoms with Crippen LogP contribution < -0.4 is 5.32 Å². The monoisotopic (exact) mass is 265 g/mol. The van der Waals surface area contributed by atoms with Gasteiger partial charge in [0, 0.05) is 12.6 Å². The molecule has 0 radical (unpaired) electrons. The van der Waals surface area contributed by atoms with E-state index in [2.05, 4.69) is 61.6 Å². The predicted molar refractivity (Wildman–Crippen MR) is 84.9 cm³/mol. The van der Waals surface area contributed by atoms with Gasteiger partial charge in [0.2, 0.25) is 0 Å². The molecule has 0 fully saturated rings. The topological polar surface area (TPSA) is 12.0 Å². The minimum atomic E-state index is 0.515. The molecule has 104 valence electrons. The maximum absolute atomic E-state index is 3.75. The smallest absolute Gasteiger partial charge is 0.0326 e. The number of benzene rings is 2. The average molecular weight is 265 g/mol. The van der Waals surface area contributed by atoms with Crippen LogP contribution in [0.4, 0.5) is 0 Å². The van der Waals surface area contributed by atoms with Gasteiger partial charge in [-0.25, -0.2) is 0 Å². The normalized spacial score (nSPS) is 17.8. The second-order valence-corrected chi connectivity index (χ2v) is 6.02. The lowest BCUT2D eigenvalue weighted by Gasteiger charge is -2.26. The predicted octanol–water partition coefficient (Wildman–Crippen LogP) is 4.47. The zero-order chi connectivity index (χ0) is 13.9. The van der Waals surface area contributed by atoms with Crippen LogP contribution in [0.1, 0.15) is 46.7 Å². The van der Waals surface area contributed by atoms with E-state index in [-0.39, 0.29) is 0 Å². The lowest BCUT2D eigenvalue weighted by molar-refractivity contribution is 0.459. The molecular formula is C19H23N. The van der Waals surface area contributed by atoms with Crippen molar-refractivity contribution in [2.45, 2.75) is 45.7 Å². The Labute approximate surface area is 122 Å². The van der Waals surface area contributed by atoms with Crippen LogP contribution in [0.5, 0.6) is 0 Å². The van der Waals surface area contributed by atoms with Gasteiger partial charge >= 0.3 is 0 Å². The Morgan fingerprint density at radius 2 is 1.80 bits per heavy atom. The number of aryl methyl sites for hydroxylation is 3. The highest BCUT2D eigenvalue weighted by atomic mass is 14.9.